The maximum atomic E-state index is 12.9. The number of carbonyl (C=O) groups is 1. The number of pyridine rings is 1. The van der Waals surface area contributed by atoms with Crippen molar-refractivity contribution in [2.24, 2.45) is 0 Å². The van der Waals surface area contributed by atoms with E-state index >= 15 is 0 Å². The Morgan fingerprint density at radius 3 is 2.60 bits per heavy atom. The molecule has 0 bridgehead atoms. The van der Waals surface area contributed by atoms with Gasteiger partial charge < -0.3 is 9.84 Å². The van der Waals surface area contributed by atoms with Gasteiger partial charge in [-0.05, 0) is 6.07 Å². The van der Waals surface area contributed by atoms with E-state index in [2.05, 4.69) is 9.72 Å². The second kappa shape index (κ2) is 4.16. The predicted octanol–water partition coefficient (Wildman–Crippen LogP) is 1.87. The van der Waals surface area contributed by atoms with Gasteiger partial charge >= 0.3 is 5.97 Å². The summed E-state index contributed by atoms with van der Waals surface area (Å²) < 4.78 is 41.7. The van der Waals surface area contributed by atoms with Gasteiger partial charge in [0.15, 0.2) is 5.82 Å². The average molecular weight is 221 g/mol. The molecular weight excluding hydrogens is 215 g/mol. The quantitative estimate of drug-likeness (QED) is 0.846. The monoisotopic (exact) mass is 221 g/mol. The van der Waals surface area contributed by atoms with Crippen molar-refractivity contribution in [2.75, 3.05) is 7.11 Å². The van der Waals surface area contributed by atoms with Gasteiger partial charge in [0.05, 0.1) is 7.11 Å². The van der Waals surface area contributed by atoms with E-state index in [9.17, 15) is 18.0 Å². The highest BCUT2D eigenvalue weighted by molar-refractivity contribution is 5.90. The van der Waals surface area contributed by atoms with Crippen LogP contribution in [-0.2, 0) is 0 Å². The van der Waals surface area contributed by atoms with E-state index in [0.29, 0.717) is 6.07 Å². The highest BCUT2D eigenvalue weighted by Gasteiger charge is 2.22. The molecule has 1 N–H and O–H groups in total. The molecule has 1 rings (SSSR count). The van der Waals surface area contributed by atoms with Crippen molar-refractivity contribution in [3.8, 4) is 5.88 Å². The van der Waals surface area contributed by atoms with E-state index < -0.39 is 35.3 Å². The average Bonchev–Trinajstić information content (AvgIpc) is 2.16. The van der Waals surface area contributed by atoms with Gasteiger partial charge in [0.25, 0.3) is 6.43 Å². The van der Waals surface area contributed by atoms with Crippen LogP contribution in [0.1, 0.15) is 22.5 Å². The largest absolute Gasteiger partial charge is 0.480 e. The molecule has 15 heavy (non-hydrogen) atoms. The molecule has 0 saturated heterocycles. The molecule has 0 spiro atoms. The molecule has 7 heteroatoms. The van der Waals surface area contributed by atoms with Crippen molar-refractivity contribution >= 4 is 5.97 Å². The topological polar surface area (TPSA) is 59.4 Å². The van der Waals surface area contributed by atoms with Crippen molar-refractivity contribution in [3.63, 3.8) is 0 Å². The fraction of sp³-hybridized carbons (Fsp3) is 0.250. The Kier molecular flexibility index (Phi) is 3.13. The molecule has 0 aliphatic carbocycles. The first-order valence-electron chi connectivity index (χ1n) is 3.73. The summed E-state index contributed by atoms with van der Waals surface area (Å²) in [4.78, 5) is 13.6. The standard InChI is InChI=1S/C8H6F3NO3/c1-15-7-3(8(13)14)2-4(9)5(12-7)6(10)11/h2,6H,1H3,(H,13,14). The highest BCUT2D eigenvalue weighted by atomic mass is 19.3. The third-order valence-electron chi connectivity index (χ3n) is 1.60. The summed E-state index contributed by atoms with van der Waals surface area (Å²) in [6, 6.07) is 0.454. The van der Waals surface area contributed by atoms with Crippen molar-refractivity contribution in [1.29, 1.82) is 0 Å². The fourth-order valence-corrected chi connectivity index (χ4v) is 0.947. The minimum Gasteiger partial charge on any atom is -0.480 e. The number of carboxylic acid groups (broad SMARTS) is 1. The zero-order chi connectivity index (χ0) is 11.6. The molecule has 0 aliphatic rings. The normalized spacial score (nSPS) is 10.5. The minimum absolute atomic E-state index is 0.454. The summed E-state index contributed by atoms with van der Waals surface area (Å²) in [5.74, 6) is -3.42. The van der Waals surface area contributed by atoms with E-state index in [0.717, 1.165) is 7.11 Å². The molecule has 0 aromatic carbocycles. The Morgan fingerprint density at radius 2 is 2.20 bits per heavy atom. The molecular formula is C8H6F3NO3. The molecule has 0 unspecified atom stereocenters. The van der Waals surface area contributed by atoms with Crippen LogP contribution in [0.25, 0.3) is 0 Å². The maximum absolute atomic E-state index is 12.9. The van der Waals surface area contributed by atoms with Crippen LogP contribution in [0.3, 0.4) is 0 Å². The van der Waals surface area contributed by atoms with E-state index in [-0.39, 0.29) is 0 Å². The van der Waals surface area contributed by atoms with Gasteiger partial charge in [-0.3, -0.25) is 0 Å². The Bertz CT molecular complexity index is 395. The lowest BCUT2D eigenvalue weighted by Crippen LogP contribution is -2.07. The van der Waals surface area contributed by atoms with Gasteiger partial charge in [-0.15, -0.1) is 0 Å². The summed E-state index contributed by atoms with van der Waals surface area (Å²) in [6.45, 7) is 0. The molecule has 82 valence electrons. The number of hydrogen-bond donors (Lipinski definition) is 1. The van der Waals surface area contributed by atoms with Crippen LogP contribution in [0.5, 0.6) is 5.88 Å². The van der Waals surface area contributed by atoms with Crippen LogP contribution in [-0.4, -0.2) is 23.2 Å². The van der Waals surface area contributed by atoms with Crippen LogP contribution in [0.4, 0.5) is 13.2 Å². The zero-order valence-corrected chi connectivity index (χ0v) is 7.50. The number of rotatable bonds is 3. The molecule has 1 aromatic heterocycles. The van der Waals surface area contributed by atoms with Crippen LogP contribution in [0.2, 0.25) is 0 Å². The molecule has 0 saturated carbocycles. The third kappa shape index (κ3) is 2.17. The van der Waals surface area contributed by atoms with Crippen LogP contribution in [0, 0.1) is 5.82 Å². The Morgan fingerprint density at radius 1 is 1.60 bits per heavy atom. The van der Waals surface area contributed by atoms with Gasteiger partial charge in [-0.25, -0.2) is 22.9 Å². The first-order valence-corrected chi connectivity index (χ1v) is 3.73. The van der Waals surface area contributed by atoms with Crippen LogP contribution >= 0.6 is 0 Å². The lowest BCUT2D eigenvalue weighted by atomic mass is 10.2. The van der Waals surface area contributed by atoms with Crippen molar-refractivity contribution in [1.82, 2.24) is 4.98 Å². The number of alkyl halides is 2. The summed E-state index contributed by atoms with van der Waals surface area (Å²) in [7, 11) is 1.06. The van der Waals surface area contributed by atoms with Gasteiger partial charge in [0.2, 0.25) is 5.88 Å². The van der Waals surface area contributed by atoms with Gasteiger partial charge in [-0.1, -0.05) is 0 Å². The van der Waals surface area contributed by atoms with E-state index in [1.54, 1.807) is 0 Å². The minimum atomic E-state index is -3.12. The first-order chi connectivity index (χ1) is 6.97. The van der Waals surface area contributed by atoms with E-state index in [4.69, 9.17) is 5.11 Å². The number of nitrogens with zero attached hydrogens (tertiary/aromatic N) is 1. The van der Waals surface area contributed by atoms with Crippen molar-refractivity contribution < 1.29 is 27.8 Å². The molecule has 0 amide bonds. The Hall–Kier alpha value is -1.79. The van der Waals surface area contributed by atoms with E-state index in [1.165, 1.54) is 0 Å². The maximum Gasteiger partial charge on any atom is 0.341 e. The molecule has 0 atom stereocenters. The number of aromatic carboxylic acids is 1. The molecule has 0 fully saturated rings. The first kappa shape index (κ1) is 11.3. The Balaban J connectivity index is 3.35. The summed E-state index contributed by atoms with van der Waals surface area (Å²) in [5.41, 5.74) is -1.73. The second-order valence-electron chi connectivity index (χ2n) is 2.52. The summed E-state index contributed by atoms with van der Waals surface area (Å²) in [5, 5.41) is 8.58. The summed E-state index contributed by atoms with van der Waals surface area (Å²) in [6.07, 6.45) is -3.12. The number of halogens is 3. The molecule has 4 nitrogen and oxygen atoms in total. The van der Waals surface area contributed by atoms with Crippen LogP contribution in [0.15, 0.2) is 6.07 Å². The zero-order valence-electron chi connectivity index (χ0n) is 7.50. The van der Waals surface area contributed by atoms with E-state index in [1.807, 2.05) is 0 Å². The van der Waals surface area contributed by atoms with Crippen LogP contribution < -0.4 is 4.74 Å². The molecule has 0 radical (unpaired) electrons. The number of hydrogen-bond acceptors (Lipinski definition) is 3. The predicted molar refractivity (Wildman–Crippen MR) is 42.7 cm³/mol. The third-order valence-corrected chi connectivity index (χ3v) is 1.60. The van der Waals surface area contributed by atoms with Crippen molar-refractivity contribution in [3.05, 3.63) is 23.1 Å². The molecule has 1 heterocycles. The Labute approximate surface area is 82.3 Å². The van der Waals surface area contributed by atoms with Gasteiger partial charge in [0.1, 0.15) is 11.3 Å². The number of aromatic nitrogens is 1. The molecule has 1 aromatic rings. The highest BCUT2D eigenvalue weighted by Crippen LogP contribution is 2.25. The number of methoxy groups -OCH3 is 1. The summed E-state index contributed by atoms with van der Waals surface area (Å²) >= 11 is 0. The van der Waals surface area contributed by atoms with Crippen molar-refractivity contribution in [2.45, 2.75) is 6.43 Å². The lowest BCUT2D eigenvalue weighted by Gasteiger charge is -2.07. The smallest absolute Gasteiger partial charge is 0.341 e. The number of ether oxygens (including phenoxy) is 1. The fourth-order valence-electron chi connectivity index (χ4n) is 0.947. The second-order valence-corrected chi connectivity index (χ2v) is 2.52. The number of carboxylic acids is 1. The van der Waals surface area contributed by atoms with Gasteiger partial charge in [0, 0.05) is 0 Å². The SMILES string of the molecule is COc1nc(C(F)F)c(F)cc1C(=O)O. The lowest BCUT2D eigenvalue weighted by molar-refractivity contribution is 0.0690. The van der Waals surface area contributed by atoms with Gasteiger partial charge in [-0.2, -0.15) is 0 Å². The molecule has 0 aliphatic heterocycles.